The monoisotopic (exact) mass is 496 g/mol. The Morgan fingerprint density at radius 3 is 2.60 bits per heavy atom. The number of rotatable bonds is 5. The van der Waals surface area contributed by atoms with Crippen LogP contribution in [0.1, 0.15) is 43.1 Å². The van der Waals surface area contributed by atoms with Gasteiger partial charge >= 0.3 is 0 Å². The van der Waals surface area contributed by atoms with Crippen molar-refractivity contribution in [2.24, 2.45) is 5.92 Å². The minimum atomic E-state index is -4.42. The van der Waals surface area contributed by atoms with Gasteiger partial charge in [-0.1, -0.05) is 13.0 Å². The van der Waals surface area contributed by atoms with Gasteiger partial charge in [0.25, 0.3) is 21.5 Å². The second-order valence-corrected chi connectivity index (χ2v) is 11.3. The van der Waals surface area contributed by atoms with Crippen molar-refractivity contribution in [1.82, 2.24) is 14.7 Å². The number of H-pyrrole nitrogens is 1. The second kappa shape index (κ2) is 8.84. The lowest BCUT2D eigenvalue weighted by atomic mass is 9.97. The second-order valence-electron chi connectivity index (χ2n) is 9.62. The molecule has 3 N–H and O–H groups in total. The highest BCUT2D eigenvalue weighted by molar-refractivity contribution is 7.90. The summed E-state index contributed by atoms with van der Waals surface area (Å²) in [7, 11) is -4.42. The van der Waals surface area contributed by atoms with Crippen molar-refractivity contribution in [2.75, 3.05) is 11.4 Å². The van der Waals surface area contributed by atoms with E-state index in [1.165, 1.54) is 18.3 Å². The number of anilines is 1. The maximum absolute atomic E-state index is 13.3. The Kier molecular flexibility index (Phi) is 6.18. The number of carbonyl (C=O) groups excluding carboxylic acids is 1. The van der Waals surface area contributed by atoms with Crippen molar-refractivity contribution in [1.29, 1.82) is 0 Å². The molecule has 3 aromatic rings. The summed E-state index contributed by atoms with van der Waals surface area (Å²) in [4.78, 5) is 33.7. The van der Waals surface area contributed by atoms with E-state index in [1.807, 2.05) is 36.5 Å². The highest BCUT2D eigenvalue weighted by atomic mass is 32.2. The normalized spacial score (nSPS) is 17.4. The van der Waals surface area contributed by atoms with E-state index in [0.29, 0.717) is 29.5 Å². The molecule has 0 aliphatic carbocycles. The van der Waals surface area contributed by atoms with Gasteiger partial charge in [-0.15, -0.1) is 0 Å². The number of hydrogen-bond donors (Lipinski definition) is 3. The van der Waals surface area contributed by atoms with Crippen LogP contribution < -0.4 is 15.2 Å². The largest absolute Gasteiger partial charge is 0.507 e. The summed E-state index contributed by atoms with van der Waals surface area (Å²) in [5.74, 6) is -0.205. The van der Waals surface area contributed by atoms with Crippen molar-refractivity contribution in [3.63, 3.8) is 0 Å². The van der Waals surface area contributed by atoms with Crippen LogP contribution in [-0.2, 0) is 10.0 Å². The first kappa shape index (κ1) is 24.5. The molecule has 2 aromatic heterocycles. The predicted octanol–water partition coefficient (Wildman–Crippen LogP) is 3.19. The lowest BCUT2D eigenvalue weighted by Crippen LogP contribution is -2.41. The molecule has 1 aliphatic heterocycles. The van der Waals surface area contributed by atoms with Crippen LogP contribution in [0.4, 0.5) is 5.82 Å². The van der Waals surface area contributed by atoms with Crippen LogP contribution in [0.5, 0.6) is 5.75 Å². The Morgan fingerprint density at radius 2 is 1.97 bits per heavy atom. The molecule has 1 amide bonds. The molecule has 3 heterocycles. The molecule has 4 rings (SSSR count). The first-order valence-electron chi connectivity index (χ1n) is 11.2. The summed E-state index contributed by atoms with van der Waals surface area (Å²) < 4.78 is 27.6. The third-order valence-corrected chi connectivity index (χ3v) is 7.53. The van der Waals surface area contributed by atoms with Gasteiger partial charge in [0.2, 0.25) is 0 Å². The van der Waals surface area contributed by atoms with Crippen molar-refractivity contribution < 1.29 is 18.3 Å². The molecule has 0 spiro atoms. The number of nitrogens with one attached hydrogen (secondary N) is 2. The van der Waals surface area contributed by atoms with Crippen molar-refractivity contribution in [3.05, 3.63) is 70.1 Å². The molecule has 10 heteroatoms. The first-order valence-corrected chi connectivity index (χ1v) is 12.7. The van der Waals surface area contributed by atoms with E-state index in [0.717, 1.165) is 18.1 Å². The number of aromatic nitrogens is 2. The van der Waals surface area contributed by atoms with Crippen LogP contribution in [0, 0.1) is 12.8 Å². The zero-order chi connectivity index (χ0) is 25.5. The van der Waals surface area contributed by atoms with Gasteiger partial charge in [0.15, 0.2) is 4.90 Å². The quantitative estimate of drug-likeness (QED) is 0.494. The first-order chi connectivity index (χ1) is 16.4. The summed E-state index contributed by atoms with van der Waals surface area (Å²) in [6.45, 7) is 8.66. The number of phenolic OH excluding ortho intramolecular Hbond substituents is 1. The van der Waals surface area contributed by atoms with Gasteiger partial charge in [-0.2, -0.15) is 0 Å². The third-order valence-electron chi connectivity index (χ3n) is 6.18. The summed E-state index contributed by atoms with van der Waals surface area (Å²) >= 11 is 0. The average molecular weight is 497 g/mol. The van der Waals surface area contributed by atoms with Crippen LogP contribution in [0.15, 0.2) is 58.4 Å². The Morgan fingerprint density at radius 1 is 1.23 bits per heavy atom. The Balaban J connectivity index is 1.81. The zero-order valence-electron chi connectivity index (χ0n) is 20.0. The van der Waals surface area contributed by atoms with E-state index < -0.39 is 26.4 Å². The number of benzene rings is 1. The van der Waals surface area contributed by atoms with Gasteiger partial charge in [-0.3, -0.25) is 9.59 Å². The highest BCUT2D eigenvalue weighted by Crippen LogP contribution is 2.39. The van der Waals surface area contributed by atoms with Crippen LogP contribution in [-0.4, -0.2) is 41.5 Å². The van der Waals surface area contributed by atoms with E-state index in [1.54, 1.807) is 18.2 Å². The third kappa shape index (κ3) is 4.79. The minimum absolute atomic E-state index is 0.0541. The van der Waals surface area contributed by atoms with Crippen molar-refractivity contribution in [3.8, 4) is 17.0 Å². The van der Waals surface area contributed by atoms with Crippen molar-refractivity contribution >= 4 is 21.7 Å². The van der Waals surface area contributed by atoms with Crippen LogP contribution in [0.25, 0.3) is 11.3 Å². The summed E-state index contributed by atoms with van der Waals surface area (Å²) in [5.41, 5.74) is 0.719. The van der Waals surface area contributed by atoms with Gasteiger partial charge in [0.1, 0.15) is 11.6 Å². The number of pyridine rings is 2. The lowest BCUT2D eigenvalue weighted by molar-refractivity contribution is 0.0981. The summed E-state index contributed by atoms with van der Waals surface area (Å²) in [6, 6.07) is 10.8. The molecule has 1 atom stereocenters. The van der Waals surface area contributed by atoms with E-state index in [2.05, 4.69) is 11.9 Å². The SMILES string of the molecule is Cc1ccc(-c2ccc(C(=O)NS(=O)(=O)c3ccc[nH]c3=O)c(N3C[C@@H](C)CC3(C)C)n2)c(O)c1. The smallest absolute Gasteiger partial charge is 0.269 e. The van der Waals surface area contributed by atoms with Gasteiger partial charge < -0.3 is 15.0 Å². The standard InChI is InChI=1S/C25H28N4O5S/c1-15-7-8-17(20(30)12-15)19-10-9-18(22(27-19)29-14-16(2)13-25(29,3)4)23(31)28-35(33,34)21-6-5-11-26-24(21)32/h5-12,16,30H,13-14H2,1-4H3,(H,26,32)(H,28,31)/t16-/m0/s1. The van der Waals surface area contributed by atoms with E-state index in [4.69, 9.17) is 4.98 Å². The molecular weight excluding hydrogens is 468 g/mol. The lowest BCUT2D eigenvalue weighted by Gasteiger charge is -2.34. The number of carbonyl (C=O) groups is 1. The van der Waals surface area contributed by atoms with Crippen LogP contribution in [0.3, 0.4) is 0 Å². The predicted molar refractivity (Wildman–Crippen MR) is 133 cm³/mol. The van der Waals surface area contributed by atoms with E-state index in [9.17, 15) is 23.1 Å². The fraction of sp³-hybridized carbons (Fsp3) is 0.320. The number of aromatic amines is 1. The molecule has 1 saturated heterocycles. The fourth-order valence-electron chi connectivity index (χ4n) is 4.65. The molecule has 1 fully saturated rings. The zero-order valence-corrected chi connectivity index (χ0v) is 20.8. The maximum atomic E-state index is 13.3. The molecular formula is C25H28N4O5S. The molecule has 0 radical (unpaired) electrons. The van der Waals surface area contributed by atoms with E-state index >= 15 is 0 Å². The maximum Gasteiger partial charge on any atom is 0.269 e. The Labute approximate surface area is 203 Å². The number of aryl methyl sites for hydroxylation is 1. The fourth-order valence-corrected chi connectivity index (χ4v) is 5.67. The number of nitrogens with zero attached hydrogens (tertiary/aromatic N) is 2. The molecule has 0 bridgehead atoms. The number of hydrogen-bond acceptors (Lipinski definition) is 7. The van der Waals surface area contributed by atoms with Crippen LogP contribution >= 0.6 is 0 Å². The van der Waals surface area contributed by atoms with Crippen molar-refractivity contribution in [2.45, 2.75) is 44.6 Å². The molecule has 0 saturated carbocycles. The molecule has 184 valence electrons. The van der Waals surface area contributed by atoms with Gasteiger partial charge in [0.05, 0.1) is 11.3 Å². The number of aromatic hydroxyl groups is 1. The summed E-state index contributed by atoms with van der Waals surface area (Å²) in [6.07, 6.45) is 2.16. The van der Waals surface area contributed by atoms with Crippen LogP contribution in [0.2, 0.25) is 0 Å². The topological polar surface area (TPSA) is 132 Å². The highest BCUT2D eigenvalue weighted by Gasteiger charge is 2.39. The Bertz CT molecular complexity index is 1460. The molecule has 9 nitrogen and oxygen atoms in total. The number of sulfonamides is 1. The summed E-state index contributed by atoms with van der Waals surface area (Å²) in [5, 5.41) is 10.5. The molecule has 0 unspecified atom stereocenters. The molecule has 1 aliphatic rings. The number of amides is 1. The van der Waals surface area contributed by atoms with Gasteiger partial charge in [0, 0.05) is 23.8 Å². The molecule has 1 aromatic carbocycles. The number of phenols is 1. The molecule has 35 heavy (non-hydrogen) atoms. The van der Waals surface area contributed by atoms with Gasteiger partial charge in [-0.25, -0.2) is 18.1 Å². The Hall–Kier alpha value is -3.66. The van der Waals surface area contributed by atoms with E-state index in [-0.39, 0.29) is 16.9 Å². The average Bonchev–Trinajstić information content (AvgIpc) is 3.05. The van der Waals surface area contributed by atoms with Gasteiger partial charge in [-0.05, 0) is 75.1 Å². The minimum Gasteiger partial charge on any atom is -0.507 e.